The fourth-order valence-electron chi connectivity index (χ4n) is 3.56. The highest BCUT2D eigenvalue weighted by atomic mass is 35.5. The summed E-state index contributed by atoms with van der Waals surface area (Å²) < 4.78 is 5.32. The first-order valence-corrected chi connectivity index (χ1v) is 7.94. The van der Waals surface area contributed by atoms with Gasteiger partial charge in [-0.3, -0.25) is 9.69 Å². The zero-order valence-corrected chi connectivity index (χ0v) is 15.4. The zero-order valence-electron chi connectivity index (χ0n) is 13.7. The molecular weight excluding hydrogens is 325 g/mol. The van der Waals surface area contributed by atoms with Crippen molar-refractivity contribution < 1.29 is 9.53 Å². The van der Waals surface area contributed by atoms with Gasteiger partial charge in [0.05, 0.1) is 12.0 Å². The molecule has 1 atom stereocenters. The van der Waals surface area contributed by atoms with E-state index in [0.29, 0.717) is 12.6 Å². The highest BCUT2D eigenvalue weighted by Gasteiger charge is 2.40. The predicted octanol–water partition coefficient (Wildman–Crippen LogP) is 1.45. The maximum Gasteiger partial charge on any atom is 0.228 e. The van der Waals surface area contributed by atoms with E-state index in [0.717, 1.165) is 39.0 Å². The number of hydrogen-bond acceptors (Lipinski definition) is 4. The quantitative estimate of drug-likeness (QED) is 0.756. The monoisotopic (exact) mass is 355 g/mol. The molecule has 0 aromatic heterocycles. The van der Waals surface area contributed by atoms with E-state index in [1.807, 2.05) is 0 Å². The molecule has 22 heavy (non-hydrogen) atoms. The predicted molar refractivity (Wildman–Crippen MR) is 94.2 cm³/mol. The lowest BCUT2D eigenvalue weighted by Crippen LogP contribution is -2.52. The van der Waals surface area contributed by atoms with Gasteiger partial charge >= 0.3 is 0 Å². The fourth-order valence-corrected chi connectivity index (χ4v) is 3.56. The van der Waals surface area contributed by atoms with Crippen molar-refractivity contribution in [2.75, 3.05) is 46.4 Å². The highest BCUT2D eigenvalue weighted by Crippen LogP contribution is 2.29. The first kappa shape index (κ1) is 21.9. The Morgan fingerprint density at radius 2 is 2.05 bits per heavy atom. The second-order valence-corrected chi connectivity index (χ2v) is 6.10. The number of likely N-dealkylation sites (tertiary alicyclic amines) is 1. The number of hydrogen-bond donors (Lipinski definition) is 2. The number of piperidine rings is 1. The number of nitrogens with zero attached hydrogens (tertiary/aromatic N) is 1. The number of halogens is 2. The van der Waals surface area contributed by atoms with Crippen molar-refractivity contribution in [1.29, 1.82) is 0 Å². The molecule has 7 heteroatoms. The van der Waals surface area contributed by atoms with Crippen LogP contribution in [0.1, 0.15) is 32.6 Å². The maximum atomic E-state index is 12.6. The standard InChI is InChI=1S/C15H29N3O2.2ClH/c1-3-18-10-4-5-13(18)11-17-14(19)15(12-20-2)6-8-16-9-7-15;;/h13,16H,3-12H2,1-2H3,(H,17,19);2*1H. The summed E-state index contributed by atoms with van der Waals surface area (Å²) in [4.78, 5) is 15.1. The Hall–Kier alpha value is -0.0700. The van der Waals surface area contributed by atoms with Crippen LogP contribution >= 0.6 is 24.8 Å². The highest BCUT2D eigenvalue weighted by molar-refractivity contribution is 5.85. The van der Waals surface area contributed by atoms with Crippen molar-refractivity contribution in [1.82, 2.24) is 15.5 Å². The Morgan fingerprint density at radius 3 is 2.64 bits per heavy atom. The van der Waals surface area contributed by atoms with Gasteiger partial charge in [0.15, 0.2) is 0 Å². The molecule has 5 nitrogen and oxygen atoms in total. The summed E-state index contributed by atoms with van der Waals surface area (Å²) in [6.07, 6.45) is 4.19. The van der Waals surface area contributed by atoms with E-state index < -0.39 is 0 Å². The van der Waals surface area contributed by atoms with Crippen molar-refractivity contribution in [2.24, 2.45) is 5.41 Å². The smallest absolute Gasteiger partial charge is 0.228 e. The third-order valence-corrected chi connectivity index (χ3v) is 4.87. The van der Waals surface area contributed by atoms with Crippen molar-refractivity contribution in [2.45, 2.75) is 38.6 Å². The molecular formula is C15H31Cl2N3O2. The van der Waals surface area contributed by atoms with E-state index in [-0.39, 0.29) is 36.1 Å². The molecule has 0 bridgehead atoms. The molecule has 0 aromatic carbocycles. The number of methoxy groups -OCH3 is 1. The van der Waals surface area contributed by atoms with Gasteiger partial charge in [0.25, 0.3) is 0 Å². The third-order valence-electron chi connectivity index (χ3n) is 4.87. The number of likely N-dealkylation sites (N-methyl/N-ethyl adjacent to an activating group) is 1. The molecule has 0 radical (unpaired) electrons. The van der Waals surface area contributed by atoms with Gasteiger partial charge in [0.1, 0.15) is 0 Å². The largest absolute Gasteiger partial charge is 0.384 e. The molecule has 0 spiro atoms. The normalized spacial score (nSPS) is 24.2. The van der Waals surface area contributed by atoms with E-state index in [1.165, 1.54) is 19.4 Å². The second-order valence-electron chi connectivity index (χ2n) is 6.10. The van der Waals surface area contributed by atoms with Crippen LogP contribution < -0.4 is 10.6 Å². The van der Waals surface area contributed by atoms with Crippen molar-refractivity contribution in [3.05, 3.63) is 0 Å². The molecule has 2 rings (SSSR count). The van der Waals surface area contributed by atoms with Gasteiger partial charge < -0.3 is 15.4 Å². The first-order valence-electron chi connectivity index (χ1n) is 7.94. The molecule has 2 saturated heterocycles. The minimum atomic E-state index is -0.324. The summed E-state index contributed by atoms with van der Waals surface area (Å²) >= 11 is 0. The van der Waals surface area contributed by atoms with Crippen LogP contribution in [-0.2, 0) is 9.53 Å². The van der Waals surface area contributed by atoms with Crippen LogP contribution in [0.25, 0.3) is 0 Å². The van der Waals surface area contributed by atoms with Crippen LogP contribution in [0.4, 0.5) is 0 Å². The summed E-state index contributed by atoms with van der Waals surface area (Å²) in [5.74, 6) is 0.184. The molecule has 0 aromatic rings. The third kappa shape index (κ3) is 5.24. The second kappa shape index (κ2) is 10.7. The molecule has 2 fully saturated rings. The lowest BCUT2D eigenvalue weighted by molar-refractivity contribution is -0.136. The molecule has 2 heterocycles. The SMILES string of the molecule is CCN1CCCC1CNC(=O)C1(COC)CCNCC1.Cl.Cl. The Morgan fingerprint density at radius 1 is 1.36 bits per heavy atom. The molecule has 2 aliphatic rings. The van der Waals surface area contributed by atoms with Gasteiger partial charge in [-0.05, 0) is 51.9 Å². The Kier molecular flexibility index (Phi) is 10.6. The summed E-state index contributed by atoms with van der Waals surface area (Å²) in [7, 11) is 1.69. The molecule has 1 unspecified atom stereocenters. The van der Waals surface area contributed by atoms with E-state index in [1.54, 1.807) is 7.11 Å². The lowest BCUT2D eigenvalue weighted by Gasteiger charge is -2.36. The lowest BCUT2D eigenvalue weighted by atomic mass is 9.78. The van der Waals surface area contributed by atoms with Crippen molar-refractivity contribution in [3.8, 4) is 0 Å². The average Bonchev–Trinajstić information content (AvgIpc) is 2.93. The van der Waals surface area contributed by atoms with Gasteiger partial charge in [0.2, 0.25) is 5.91 Å². The topological polar surface area (TPSA) is 53.6 Å². The Bertz CT molecular complexity index is 320. The van der Waals surface area contributed by atoms with Crippen LogP contribution in [0.5, 0.6) is 0 Å². The number of carbonyl (C=O) groups excluding carboxylic acids is 1. The Labute approximate surface area is 146 Å². The summed E-state index contributed by atoms with van der Waals surface area (Å²) in [5.41, 5.74) is -0.324. The number of carbonyl (C=O) groups is 1. The van der Waals surface area contributed by atoms with Gasteiger partial charge in [-0.1, -0.05) is 6.92 Å². The number of ether oxygens (including phenoxy) is 1. The van der Waals surface area contributed by atoms with Gasteiger partial charge in [-0.2, -0.15) is 0 Å². The number of nitrogens with one attached hydrogen (secondary N) is 2. The summed E-state index contributed by atoms with van der Waals surface area (Å²) in [5, 5.41) is 6.52. The molecule has 2 N–H and O–H groups in total. The molecule has 0 saturated carbocycles. The minimum Gasteiger partial charge on any atom is -0.384 e. The maximum absolute atomic E-state index is 12.6. The summed E-state index contributed by atoms with van der Waals surface area (Å²) in [6, 6.07) is 0.519. The van der Waals surface area contributed by atoms with Gasteiger partial charge in [0, 0.05) is 19.7 Å². The molecule has 132 valence electrons. The van der Waals surface area contributed by atoms with Crippen molar-refractivity contribution >= 4 is 30.7 Å². The first-order chi connectivity index (χ1) is 9.72. The van der Waals surface area contributed by atoms with Gasteiger partial charge in [-0.25, -0.2) is 0 Å². The van der Waals surface area contributed by atoms with Crippen LogP contribution in [-0.4, -0.2) is 63.3 Å². The Balaban J connectivity index is 0.00000220. The fraction of sp³-hybridized carbons (Fsp3) is 0.933. The van der Waals surface area contributed by atoms with E-state index in [9.17, 15) is 4.79 Å². The van der Waals surface area contributed by atoms with E-state index >= 15 is 0 Å². The molecule has 0 aliphatic carbocycles. The van der Waals surface area contributed by atoms with Crippen molar-refractivity contribution in [3.63, 3.8) is 0 Å². The number of rotatable bonds is 6. The van der Waals surface area contributed by atoms with E-state index in [4.69, 9.17) is 4.74 Å². The van der Waals surface area contributed by atoms with Crippen LogP contribution in [0.2, 0.25) is 0 Å². The zero-order chi connectivity index (χ0) is 14.4. The van der Waals surface area contributed by atoms with E-state index in [2.05, 4.69) is 22.5 Å². The van der Waals surface area contributed by atoms with Crippen LogP contribution in [0, 0.1) is 5.41 Å². The van der Waals surface area contributed by atoms with Gasteiger partial charge in [-0.15, -0.1) is 24.8 Å². The molecule has 1 amide bonds. The average molecular weight is 356 g/mol. The molecule has 2 aliphatic heterocycles. The number of amides is 1. The van der Waals surface area contributed by atoms with Crippen LogP contribution in [0.15, 0.2) is 0 Å². The minimum absolute atomic E-state index is 0. The summed E-state index contributed by atoms with van der Waals surface area (Å²) in [6.45, 7) is 7.56. The van der Waals surface area contributed by atoms with Crippen LogP contribution in [0.3, 0.4) is 0 Å².